The third kappa shape index (κ3) is 8.39. The molecule has 7 nitrogen and oxygen atoms in total. The maximum Gasteiger partial charge on any atom is 0.242 e. The van der Waals surface area contributed by atoms with Crippen molar-refractivity contribution in [3.8, 4) is 0 Å². The van der Waals surface area contributed by atoms with Gasteiger partial charge in [-0.05, 0) is 55.5 Å². The Labute approximate surface area is 224 Å². The molecule has 0 aliphatic rings. The van der Waals surface area contributed by atoms with Gasteiger partial charge in [-0.15, -0.1) is 0 Å². The predicted octanol–water partition coefficient (Wildman–Crippen LogP) is 5.04. The Kier molecular flexibility index (Phi) is 11.1. The summed E-state index contributed by atoms with van der Waals surface area (Å²) in [7, 11) is -3.61. The van der Waals surface area contributed by atoms with Crippen LogP contribution in [0.4, 0.5) is 5.69 Å². The van der Waals surface area contributed by atoms with Gasteiger partial charge < -0.3 is 10.2 Å². The van der Waals surface area contributed by atoms with Gasteiger partial charge in [0.1, 0.15) is 6.04 Å². The number of nitrogens with one attached hydrogen (secondary N) is 1. The summed E-state index contributed by atoms with van der Waals surface area (Å²) in [6.07, 6.45) is 1.44. The fourth-order valence-electron chi connectivity index (χ4n) is 3.69. The van der Waals surface area contributed by atoms with Crippen molar-refractivity contribution in [2.24, 2.45) is 5.92 Å². The van der Waals surface area contributed by atoms with E-state index in [4.69, 9.17) is 23.2 Å². The lowest BCUT2D eigenvalue weighted by Gasteiger charge is -2.30. The summed E-state index contributed by atoms with van der Waals surface area (Å²) < 4.78 is 26.3. The van der Waals surface area contributed by atoms with Crippen molar-refractivity contribution in [2.75, 3.05) is 23.7 Å². The van der Waals surface area contributed by atoms with Crippen LogP contribution in [0, 0.1) is 12.8 Å². The van der Waals surface area contributed by atoms with E-state index < -0.39 is 16.1 Å². The Morgan fingerprint density at radius 3 is 2.25 bits per heavy atom. The Bertz CT molecular complexity index is 1170. The monoisotopic (exact) mass is 555 g/mol. The maximum atomic E-state index is 13.3. The van der Waals surface area contributed by atoms with Crippen LogP contribution in [0.3, 0.4) is 0 Å². The van der Waals surface area contributed by atoms with Crippen molar-refractivity contribution < 1.29 is 18.0 Å². The van der Waals surface area contributed by atoms with E-state index in [1.165, 1.54) is 9.21 Å². The summed E-state index contributed by atoms with van der Waals surface area (Å²) in [6.45, 7) is 8.18. The largest absolute Gasteiger partial charge is 0.354 e. The topological polar surface area (TPSA) is 86.8 Å². The molecular weight excluding hydrogens is 521 g/mol. The van der Waals surface area contributed by atoms with E-state index in [1.807, 2.05) is 26.0 Å². The van der Waals surface area contributed by atoms with Crippen LogP contribution in [0.2, 0.25) is 10.0 Å². The average Bonchev–Trinajstić information content (AvgIpc) is 2.80. The number of anilines is 1. The molecule has 1 N–H and O–H groups in total. The summed E-state index contributed by atoms with van der Waals surface area (Å²) in [5, 5.41) is 3.85. The van der Waals surface area contributed by atoms with Gasteiger partial charge in [-0.3, -0.25) is 13.9 Å². The number of sulfonamides is 1. The molecule has 0 saturated carbocycles. The van der Waals surface area contributed by atoms with Crippen LogP contribution in [-0.4, -0.2) is 50.5 Å². The van der Waals surface area contributed by atoms with Gasteiger partial charge >= 0.3 is 0 Å². The number of halogens is 2. The summed E-state index contributed by atoms with van der Waals surface area (Å²) >= 11 is 12.5. The molecule has 0 unspecified atom stereocenters. The standard InChI is InChI=1S/C26H35Cl2N3O4S/c1-18(2)16-29-26(33)20(4)30(17-21-10-6-7-11-23(21)28)25(32)14-9-15-31(36(5,34)35)24-13-8-12-22(27)19(24)3/h6-8,10-13,18,20H,9,14-17H2,1-5H3,(H,29,33)/t20-/m1/s1. The molecule has 2 aromatic carbocycles. The molecule has 2 rings (SSSR count). The lowest BCUT2D eigenvalue weighted by atomic mass is 10.1. The van der Waals surface area contributed by atoms with E-state index in [0.29, 0.717) is 27.8 Å². The van der Waals surface area contributed by atoms with Crippen molar-refractivity contribution in [1.82, 2.24) is 10.2 Å². The van der Waals surface area contributed by atoms with Crippen LogP contribution in [0.15, 0.2) is 42.5 Å². The smallest absolute Gasteiger partial charge is 0.242 e. The van der Waals surface area contributed by atoms with Gasteiger partial charge in [0.2, 0.25) is 21.8 Å². The van der Waals surface area contributed by atoms with E-state index in [0.717, 1.165) is 11.8 Å². The quantitative estimate of drug-likeness (QED) is 0.397. The molecular formula is C26H35Cl2N3O4S. The summed E-state index contributed by atoms with van der Waals surface area (Å²) in [6, 6.07) is 11.5. The second-order valence-corrected chi connectivity index (χ2v) is 12.0. The molecule has 0 fully saturated rings. The average molecular weight is 557 g/mol. The first-order valence-electron chi connectivity index (χ1n) is 11.9. The van der Waals surface area contributed by atoms with E-state index in [2.05, 4.69) is 5.32 Å². The third-order valence-corrected chi connectivity index (χ3v) is 7.77. The molecule has 0 aliphatic carbocycles. The van der Waals surface area contributed by atoms with E-state index in [-0.39, 0.29) is 43.7 Å². The van der Waals surface area contributed by atoms with Crippen LogP contribution >= 0.6 is 23.2 Å². The van der Waals surface area contributed by atoms with Crippen LogP contribution < -0.4 is 9.62 Å². The molecule has 0 bridgehead atoms. The fraction of sp³-hybridized carbons (Fsp3) is 0.462. The number of amides is 2. The summed E-state index contributed by atoms with van der Waals surface area (Å²) in [5.41, 5.74) is 1.85. The highest BCUT2D eigenvalue weighted by Gasteiger charge is 2.27. The molecule has 1 atom stereocenters. The van der Waals surface area contributed by atoms with Gasteiger partial charge in [0.15, 0.2) is 0 Å². The van der Waals surface area contributed by atoms with Gasteiger partial charge in [-0.25, -0.2) is 8.42 Å². The molecule has 10 heteroatoms. The number of carbonyl (C=O) groups excluding carboxylic acids is 2. The van der Waals surface area contributed by atoms with Crippen molar-refractivity contribution >= 4 is 50.7 Å². The highest BCUT2D eigenvalue weighted by Crippen LogP contribution is 2.28. The molecule has 0 heterocycles. The Morgan fingerprint density at radius 1 is 1.00 bits per heavy atom. The Morgan fingerprint density at radius 2 is 1.64 bits per heavy atom. The molecule has 0 saturated heterocycles. The second-order valence-electron chi connectivity index (χ2n) is 9.25. The van der Waals surface area contributed by atoms with Crippen molar-refractivity contribution in [3.63, 3.8) is 0 Å². The van der Waals surface area contributed by atoms with E-state index in [9.17, 15) is 18.0 Å². The van der Waals surface area contributed by atoms with Crippen molar-refractivity contribution in [2.45, 2.75) is 53.1 Å². The van der Waals surface area contributed by atoms with E-state index >= 15 is 0 Å². The molecule has 0 aliphatic heterocycles. The van der Waals surface area contributed by atoms with Crippen molar-refractivity contribution in [3.05, 3.63) is 63.6 Å². The maximum absolute atomic E-state index is 13.3. The number of benzene rings is 2. The summed E-state index contributed by atoms with van der Waals surface area (Å²) in [4.78, 5) is 27.6. The van der Waals surface area contributed by atoms with Crippen LogP contribution in [-0.2, 0) is 26.2 Å². The van der Waals surface area contributed by atoms with Gasteiger partial charge in [0.05, 0.1) is 11.9 Å². The van der Waals surface area contributed by atoms with Gasteiger partial charge in [-0.1, -0.05) is 61.3 Å². The molecule has 0 aromatic heterocycles. The fourth-order valence-corrected chi connectivity index (χ4v) is 5.07. The number of hydrogen-bond acceptors (Lipinski definition) is 4. The molecule has 0 spiro atoms. The van der Waals surface area contributed by atoms with Crippen molar-refractivity contribution in [1.29, 1.82) is 0 Å². The molecule has 36 heavy (non-hydrogen) atoms. The van der Waals surface area contributed by atoms with Crippen LogP contribution in [0.1, 0.15) is 44.7 Å². The number of nitrogens with zero attached hydrogens (tertiary/aromatic N) is 2. The lowest BCUT2D eigenvalue weighted by Crippen LogP contribution is -2.48. The van der Waals surface area contributed by atoms with Crippen LogP contribution in [0.25, 0.3) is 0 Å². The Hall–Kier alpha value is -2.29. The second kappa shape index (κ2) is 13.3. The van der Waals surface area contributed by atoms with Gasteiger partial charge in [0.25, 0.3) is 0 Å². The number of rotatable bonds is 12. The zero-order valence-electron chi connectivity index (χ0n) is 21.4. The molecule has 198 valence electrons. The Balaban J connectivity index is 2.21. The minimum Gasteiger partial charge on any atom is -0.354 e. The zero-order chi connectivity index (χ0) is 27.0. The first kappa shape index (κ1) is 29.9. The third-order valence-electron chi connectivity index (χ3n) is 5.81. The van der Waals surface area contributed by atoms with Crippen LogP contribution in [0.5, 0.6) is 0 Å². The predicted molar refractivity (Wildman–Crippen MR) is 147 cm³/mol. The minimum absolute atomic E-state index is 0.0535. The van der Waals surface area contributed by atoms with E-state index in [1.54, 1.807) is 44.2 Å². The molecule has 2 amide bonds. The minimum atomic E-state index is -3.61. The molecule has 0 radical (unpaired) electrons. The first-order chi connectivity index (χ1) is 16.8. The highest BCUT2D eigenvalue weighted by atomic mass is 35.5. The first-order valence-corrected chi connectivity index (χ1v) is 14.5. The zero-order valence-corrected chi connectivity index (χ0v) is 23.8. The normalized spacial score (nSPS) is 12.3. The highest BCUT2D eigenvalue weighted by molar-refractivity contribution is 7.92. The molecule has 2 aromatic rings. The SMILES string of the molecule is Cc1c(Cl)cccc1N(CCCC(=O)N(Cc1ccccc1Cl)[C@H](C)C(=O)NCC(C)C)S(C)(=O)=O. The van der Waals surface area contributed by atoms with Gasteiger partial charge in [-0.2, -0.15) is 0 Å². The number of hydrogen-bond donors (Lipinski definition) is 1. The number of carbonyl (C=O) groups is 2. The summed E-state index contributed by atoms with van der Waals surface area (Å²) in [5.74, 6) is -0.249. The van der Waals surface area contributed by atoms with Gasteiger partial charge in [0, 0.05) is 36.1 Å². The lowest BCUT2D eigenvalue weighted by molar-refractivity contribution is -0.140.